The molecule has 0 aromatic heterocycles. The Balaban J connectivity index is 3.17. The number of alkyl halides is 1. The molecule has 2 nitrogen and oxygen atoms in total. The molecule has 0 unspecified atom stereocenters. The van der Waals surface area contributed by atoms with E-state index >= 15 is 0 Å². The molecule has 0 radical (unpaired) electrons. The summed E-state index contributed by atoms with van der Waals surface area (Å²) >= 11 is 9.32. The van der Waals surface area contributed by atoms with Crippen molar-refractivity contribution in [3.63, 3.8) is 0 Å². The van der Waals surface area contributed by atoms with Gasteiger partial charge in [0.1, 0.15) is 5.75 Å². The summed E-state index contributed by atoms with van der Waals surface area (Å²) in [5.41, 5.74) is 4.63. The SMILES string of the molecule is COc1c(C)c(C)c(Br)c(C)c1NCCCCl. The third-order valence-electron chi connectivity index (χ3n) is 2.98. The Bertz CT molecular complexity index is 407. The Morgan fingerprint density at radius 2 is 1.82 bits per heavy atom. The van der Waals surface area contributed by atoms with Crippen LogP contribution in [0.15, 0.2) is 4.47 Å². The van der Waals surface area contributed by atoms with Gasteiger partial charge in [0.25, 0.3) is 0 Å². The van der Waals surface area contributed by atoms with Crippen molar-refractivity contribution in [2.24, 2.45) is 0 Å². The van der Waals surface area contributed by atoms with E-state index in [1.807, 2.05) is 0 Å². The van der Waals surface area contributed by atoms with Crippen LogP contribution in [0.5, 0.6) is 5.75 Å². The van der Waals surface area contributed by atoms with Gasteiger partial charge >= 0.3 is 0 Å². The van der Waals surface area contributed by atoms with E-state index in [-0.39, 0.29) is 0 Å². The molecule has 1 aromatic carbocycles. The van der Waals surface area contributed by atoms with Crippen LogP contribution in [0, 0.1) is 20.8 Å². The molecule has 1 N–H and O–H groups in total. The van der Waals surface area contributed by atoms with Crippen LogP contribution in [0.1, 0.15) is 23.1 Å². The van der Waals surface area contributed by atoms with Gasteiger partial charge in [-0.1, -0.05) is 15.9 Å². The van der Waals surface area contributed by atoms with Gasteiger partial charge in [-0.3, -0.25) is 0 Å². The van der Waals surface area contributed by atoms with Crippen LogP contribution in [0.25, 0.3) is 0 Å². The second-order valence-corrected chi connectivity index (χ2v) is 5.24. The Morgan fingerprint density at radius 1 is 1.18 bits per heavy atom. The van der Waals surface area contributed by atoms with Gasteiger partial charge in [0.15, 0.2) is 0 Å². The molecule has 96 valence electrons. The van der Waals surface area contributed by atoms with Crippen LogP contribution in [0.3, 0.4) is 0 Å². The highest BCUT2D eigenvalue weighted by atomic mass is 79.9. The van der Waals surface area contributed by atoms with Crippen molar-refractivity contribution in [1.82, 2.24) is 0 Å². The molecule has 0 fully saturated rings. The summed E-state index contributed by atoms with van der Waals surface area (Å²) in [5, 5.41) is 3.40. The number of methoxy groups -OCH3 is 1. The van der Waals surface area contributed by atoms with Crippen molar-refractivity contribution in [1.29, 1.82) is 0 Å². The van der Waals surface area contributed by atoms with Crippen molar-refractivity contribution in [2.75, 3.05) is 24.9 Å². The van der Waals surface area contributed by atoms with Gasteiger partial charge in [-0.25, -0.2) is 0 Å². The Labute approximate surface area is 117 Å². The third-order valence-corrected chi connectivity index (χ3v) is 4.44. The number of ether oxygens (including phenoxy) is 1. The lowest BCUT2D eigenvalue weighted by atomic mass is 10.0. The Morgan fingerprint density at radius 3 is 2.35 bits per heavy atom. The van der Waals surface area contributed by atoms with Crippen LogP contribution < -0.4 is 10.1 Å². The maximum absolute atomic E-state index is 5.69. The lowest BCUT2D eigenvalue weighted by molar-refractivity contribution is 0.412. The lowest BCUT2D eigenvalue weighted by Gasteiger charge is -2.19. The monoisotopic (exact) mass is 319 g/mol. The standard InChI is InChI=1S/C13H19BrClNO/c1-8-9(2)13(17-4)12(10(3)11(8)14)16-7-5-6-15/h16H,5-7H2,1-4H3. The van der Waals surface area contributed by atoms with Gasteiger partial charge in [-0.2, -0.15) is 0 Å². The number of benzene rings is 1. The number of hydrogen-bond donors (Lipinski definition) is 1. The van der Waals surface area contributed by atoms with Gasteiger partial charge in [0.2, 0.25) is 0 Å². The van der Waals surface area contributed by atoms with E-state index in [9.17, 15) is 0 Å². The summed E-state index contributed by atoms with van der Waals surface area (Å²) in [4.78, 5) is 0. The van der Waals surface area contributed by atoms with E-state index in [2.05, 4.69) is 42.0 Å². The highest BCUT2D eigenvalue weighted by molar-refractivity contribution is 9.10. The summed E-state index contributed by atoms with van der Waals surface area (Å²) in [6.45, 7) is 7.11. The fourth-order valence-corrected chi connectivity index (χ4v) is 2.46. The zero-order valence-electron chi connectivity index (χ0n) is 10.8. The minimum absolute atomic E-state index is 0.667. The van der Waals surface area contributed by atoms with Crippen molar-refractivity contribution in [3.8, 4) is 5.75 Å². The summed E-state index contributed by atoms with van der Waals surface area (Å²) in [6.07, 6.45) is 0.939. The zero-order valence-corrected chi connectivity index (χ0v) is 13.1. The molecule has 0 spiro atoms. The second-order valence-electron chi connectivity index (χ2n) is 4.07. The van der Waals surface area contributed by atoms with Crippen molar-refractivity contribution in [2.45, 2.75) is 27.2 Å². The largest absolute Gasteiger partial charge is 0.494 e. The predicted molar refractivity (Wildman–Crippen MR) is 78.7 cm³/mol. The molecule has 0 aliphatic rings. The topological polar surface area (TPSA) is 21.3 Å². The molecular formula is C13H19BrClNO. The Hall–Kier alpha value is -0.410. The number of anilines is 1. The molecule has 0 amide bonds. The van der Waals surface area contributed by atoms with Gasteiger partial charge < -0.3 is 10.1 Å². The van der Waals surface area contributed by atoms with Gasteiger partial charge in [0, 0.05) is 16.9 Å². The first-order valence-electron chi connectivity index (χ1n) is 5.67. The first kappa shape index (κ1) is 14.7. The average molecular weight is 321 g/mol. The summed E-state index contributed by atoms with van der Waals surface area (Å²) in [7, 11) is 1.71. The molecule has 1 aromatic rings. The second kappa shape index (κ2) is 6.50. The first-order valence-corrected chi connectivity index (χ1v) is 7.00. The average Bonchev–Trinajstić information content (AvgIpc) is 2.33. The predicted octanol–water partition coefficient (Wildman–Crippen LogP) is 4.42. The van der Waals surface area contributed by atoms with Gasteiger partial charge in [-0.05, 0) is 43.9 Å². The molecule has 0 atom stereocenters. The van der Waals surface area contributed by atoms with Crippen molar-refractivity contribution in [3.05, 3.63) is 21.2 Å². The molecular weight excluding hydrogens is 302 g/mol. The van der Waals surface area contributed by atoms with E-state index in [4.69, 9.17) is 16.3 Å². The molecule has 4 heteroatoms. The normalized spacial score (nSPS) is 10.5. The van der Waals surface area contributed by atoms with E-state index in [0.29, 0.717) is 5.88 Å². The molecule has 0 bridgehead atoms. The van der Waals surface area contributed by atoms with Crippen molar-refractivity contribution >= 4 is 33.2 Å². The van der Waals surface area contributed by atoms with Crippen LogP contribution in [-0.4, -0.2) is 19.5 Å². The van der Waals surface area contributed by atoms with E-state index in [1.54, 1.807) is 7.11 Å². The summed E-state index contributed by atoms with van der Waals surface area (Å²) in [6, 6.07) is 0. The number of hydrogen-bond acceptors (Lipinski definition) is 2. The lowest BCUT2D eigenvalue weighted by Crippen LogP contribution is -2.07. The van der Waals surface area contributed by atoms with Gasteiger partial charge in [-0.15, -0.1) is 11.6 Å². The first-order chi connectivity index (χ1) is 8.04. The quantitative estimate of drug-likeness (QED) is 0.640. The fourth-order valence-electron chi connectivity index (χ4n) is 1.83. The molecule has 0 saturated heterocycles. The molecule has 0 aliphatic heterocycles. The van der Waals surface area contributed by atoms with Crippen LogP contribution in [0.2, 0.25) is 0 Å². The maximum atomic E-state index is 5.69. The Kier molecular flexibility index (Phi) is 5.60. The maximum Gasteiger partial charge on any atom is 0.145 e. The van der Waals surface area contributed by atoms with E-state index in [1.165, 1.54) is 16.7 Å². The molecule has 0 aliphatic carbocycles. The van der Waals surface area contributed by atoms with Gasteiger partial charge in [0.05, 0.1) is 12.8 Å². The van der Waals surface area contributed by atoms with Crippen molar-refractivity contribution < 1.29 is 4.74 Å². The molecule has 0 saturated carbocycles. The number of halogens is 2. The molecule has 1 rings (SSSR count). The number of rotatable bonds is 5. The molecule has 17 heavy (non-hydrogen) atoms. The highest BCUT2D eigenvalue weighted by Crippen LogP contribution is 2.39. The molecule has 0 heterocycles. The van der Waals surface area contributed by atoms with Crippen LogP contribution >= 0.6 is 27.5 Å². The zero-order chi connectivity index (χ0) is 13.0. The number of nitrogens with one attached hydrogen (secondary N) is 1. The minimum atomic E-state index is 0.667. The van der Waals surface area contributed by atoms with E-state index in [0.717, 1.165) is 28.9 Å². The smallest absolute Gasteiger partial charge is 0.145 e. The van der Waals surface area contributed by atoms with Crippen LogP contribution in [-0.2, 0) is 0 Å². The van der Waals surface area contributed by atoms with E-state index < -0.39 is 0 Å². The van der Waals surface area contributed by atoms with Crippen LogP contribution in [0.4, 0.5) is 5.69 Å². The summed E-state index contributed by atoms with van der Waals surface area (Å²) < 4.78 is 6.65. The summed E-state index contributed by atoms with van der Waals surface area (Å²) in [5.74, 6) is 1.60. The highest BCUT2D eigenvalue weighted by Gasteiger charge is 2.16. The fraction of sp³-hybridized carbons (Fsp3) is 0.538. The third kappa shape index (κ3) is 3.08. The minimum Gasteiger partial charge on any atom is -0.494 e.